The van der Waals surface area contributed by atoms with E-state index in [9.17, 15) is 4.79 Å². The molecule has 0 unspecified atom stereocenters. The van der Waals surface area contributed by atoms with E-state index in [4.69, 9.17) is 0 Å². The molecule has 2 nitrogen and oxygen atoms in total. The van der Waals surface area contributed by atoms with Gasteiger partial charge in [0, 0.05) is 6.54 Å². The van der Waals surface area contributed by atoms with Crippen molar-refractivity contribution in [2.24, 2.45) is 0 Å². The van der Waals surface area contributed by atoms with E-state index < -0.39 is 2.14 Å². The largest absolute Gasteiger partial charge is 0.353 e. The van der Waals surface area contributed by atoms with Gasteiger partial charge < -0.3 is 5.32 Å². The molecule has 0 aliphatic carbocycles. The number of alkyl halides is 3. The summed E-state index contributed by atoms with van der Waals surface area (Å²) < 4.78 is -0.808. The number of nitrogens with one attached hydrogen (secondary N) is 1. The van der Waals surface area contributed by atoms with Gasteiger partial charge in [-0.2, -0.15) is 0 Å². The molecule has 0 saturated heterocycles. The number of halogens is 3. The summed E-state index contributed by atoms with van der Waals surface area (Å²) in [5, 5.41) is 2.80. The molecule has 0 aromatic carbocycles. The Morgan fingerprint density at radius 2 is 1.85 bits per heavy atom. The highest BCUT2D eigenvalue weighted by molar-refractivity contribution is 9.40. The summed E-state index contributed by atoms with van der Waals surface area (Å²) in [5.41, 5.74) is 0. The Balaban J connectivity index is 3.38. The molecule has 0 fully saturated rings. The highest BCUT2D eigenvalue weighted by Gasteiger charge is 2.27. The van der Waals surface area contributed by atoms with Crippen molar-refractivity contribution in [3.8, 4) is 0 Å². The van der Waals surface area contributed by atoms with Crippen LogP contribution in [0.25, 0.3) is 0 Å². The molecule has 0 aliphatic heterocycles. The molecular weight excluding hydrogens is 366 g/mol. The van der Waals surface area contributed by atoms with Crippen LogP contribution >= 0.6 is 47.8 Å². The lowest BCUT2D eigenvalue weighted by molar-refractivity contribution is -0.119. The minimum atomic E-state index is -0.808. The average molecular weight is 380 g/mol. The van der Waals surface area contributed by atoms with Crippen molar-refractivity contribution in [1.82, 2.24) is 5.32 Å². The van der Waals surface area contributed by atoms with Crippen LogP contribution in [0, 0.1) is 0 Å². The van der Waals surface area contributed by atoms with E-state index in [2.05, 4.69) is 60.0 Å². The van der Waals surface area contributed by atoms with Crippen molar-refractivity contribution < 1.29 is 4.79 Å². The topological polar surface area (TPSA) is 29.1 Å². The summed E-state index contributed by atoms with van der Waals surface area (Å²) in [6, 6.07) is 0. The number of hydrogen-bond acceptors (Lipinski definition) is 1. The zero-order valence-corrected chi connectivity index (χ0v) is 12.3. The molecule has 0 heterocycles. The summed E-state index contributed by atoms with van der Waals surface area (Å²) in [4.78, 5) is 11.2. The van der Waals surface area contributed by atoms with Gasteiger partial charge in [0.15, 0.2) is 0 Å². The fraction of sp³-hybridized carbons (Fsp3) is 0.875. The summed E-state index contributed by atoms with van der Waals surface area (Å²) in [6.45, 7) is 2.91. The second kappa shape index (κ2) is 7.23. The van der Waals surface area contributed by atoms with Gasteiger partial charge >= 0.3 is 0 Å². The predicted molar refractivity (Wildman–Crippen MR) is 66.7 cm³/mol. The van der Waals surface area contributed by atoms with Crippen LogP contribution in [0.15, 0.2) is 0 Å². The first-order valence-corrected chi connectivity index (χ1v) is 6.71. The van der Waals surface area contributed by atoms with Gasteiger partial charge in [0.05, 0.1) is 0 Å². The van der Waals surface area contributed by atoms with Crippen LogP contribution < -0.4 is 5.32 Å². The number of carbonyl (C=O) groups excluding carboxylic acids is 1. The molecule has 13 heavy (non-hydrogen) atoms. The van der Waals surface area contributed by atoms with Crippen LogP contribution in [-0.4, -0.2) is 14.6 Å². The predicted octanol–water partition coefficient (Wildman–Crippen LogP) is 3.52. The molecule has 1 N–H and O–H groups in total. The summed E-state index contributed by atoms with van der Waals surface area (Å²) in [5.74, 6) is -0.0935. The molecule has 0 spiro atoms. The van der Waals surface area contributed by atoms with Crippen LogP contribution in [0.5, 0.6) is 0 Å². The number of amides is 1. The van der Waals surface area contributed by atoms with Crippen molar-refractivity contribution in [3.05, 3.63) is 0 Å². The van der Waals surface area contributed by atoms with E-state index in [1.54, 1.807) is 0 Å². The first-order valence-electron chi connectivity index (χ1n) is 4.33. The van der Waals surface area contributed by atoms with Gasteiger partial charge in [-0.05, 0) is 54.2 Å². The van der Waals surface area contributed by atoms with Gasteiger partial charge in [-0.25, -0.2) is 0 Å². The second-order valence-corrected chi connectivity index (χ2v) is 9.58. The maximum Gasteiger partial charge on any atom is 0.258 e. The van der Waals surface area contributed by atoms with Crippen LogP contribution in [0.1, 0.15) is 32.6 Å². The Kier molecular flexibility index (Phi) is 7.74. The summed E-state index contributed by atoms with van der Waals surface area (Å²) in [6.07, 6.45) is 4.67. The molecule has 78 valence electrons. The normalized spacial score (nSPS) is 11.4. The molecule has 0 aromatic heterocycles. The Bertz CT molecular complexity index is 156. The van der Waals surface area contributed by atoms with Crippen molar-refractivity contribution in [2.45, 2.75) is 34.7 Å². The molecule has 0 aliphatic rings. The first-order chi connectivity index (χ1) is 5.98. The van der Waals surface area contributed by atoms with Gasteiger partial charge in [-0.3, -0.25) is 4.79 Å². The molecule has 5 heteroatoms. The van der Waals surface area contributed by atoms with E-state index in [-0.39, 0.29) is 5.91 Å². The Hall–Kier alpha value is 0.910. The van der Waals surface area contributed by atoms with E-state index >= 15 is 0 Å². The first kappa shape index (κ1) is 13.9. The van der Waals surface area contributed by atoms with Crippen molar-refractivity contribution >= 4 is 53.7 Å². The minimum Gasteiger partial charge on any atom is -0.353 e. The van der Waals surface area contributed by atoms with Crippen LogP contribution in [0.4, 0.5) is 0 Å². The zero-order valence-electron chi connectivity index (χ0n) is 7.58. The van der Waals surface area contributed by atoms with Gasteiger partial charge in [0.2, 0.25) is 2.14 Å². The van der Waals surface area contributed by atoms with Crippen molar-refractivity contribution in [3.63, 3.8) is 0 Å². The average Bonchev–Trinajstić information content (AvgIpc) is 2.02. The zero-order chi connectivity index (χ0) is 10.3. The lowest BCUT2D eigenvalue weighted by Crippen LogP contribution is -2.34. The van der Waals surface area contributed by atoms with E-state index in [1.807, 2.05) is 0 Å². The maximum absolute atomic E-state index is 11.2. The third-order valence-corrected chi connectivity index (χ3v) is 2.65. The molecule has 0 atom stereocenters. The van der Waals surface area contributed by atoms with Crippen LogP contribution in [0.3, 0.4) is 0 Å². The van der Waals surface area contributed by atoms with Crippen LogP contribution in [-0.2, 0) is 4.79 Å². The highest BCUT2D eigenvalue weighted by atomic mass is 80.0. The second-order valence-electron chi connectivity index (χ2n) is 2.81. The molecule has 0 radical (unpaired) electrons. The fourth-order valence-corrected chi connectivity index (χ4v) is 1.27. The van der Waals surface area contributed by atoms with Gasteiger partial charge in [-0.15, -0.1) is 0 Å². The Labute approximate surface area is 105 Å². The van der Waals surface area contributed by atoms with Gasteiger partial charge in [-0.1, -0.05) is 26.2 Å². The van der Waals surface area contributed by atoms with E-state index in [0.29, 0.717) is 0 Å². The lowest BCUT2D eigenvalue weighted by atomic mass is 10.2. The Morgan fingerprint density at radius 1 is 1.23 bits per heavy atom. The van der Waals surface area contributed by atoms with Crippen molar-refractivity contribution in [2.75, 3.05) is 6.54 Å². The number of carbonyl (C=O) groups is 1. The highest BCUT2D eigenvalue weighted by Crippen LogP contribution is 2.33. The molecule has 1 amide bonds. The number of unbranched alkanes of at least 4 members (excludes halogenated alkanes) is 3. The quantitative estimate of drug-likeness (QED) is 0.574. The van der Waals surface area contributed by atoms with Crippen molar-refractivity contribution in [1.29, 1.82) is 0 Å². The summed E-state index contributed by atoms with van der Waals surface area (Å²) in [7, 11) is 0. The fourth-order valence-electron chi connectivity index (χ4n) is 0.854. The monoisotopic (exact) mass is 377 g/mol. The molecule has 0 saturated carbocycles. The smallest absolute Gasteiger partial charge is 0.258 e. The third-order valence-electron chi connectivity index (χ3n) is 1.57. The SMILES string of the molecule is CCCCCCNC(=O)C(Br)(Br)Br. The molecule has 0 aromatic rings. The Morgan fingerprint density at radius 3 is 2.31 bits per heavy atom. The molecular formula is C8H14Br3NO. The van der Waals surface area contributed by atoms with Crippen LogP contribution in [0.2, 0.25) is 0 Å². The van der Waals surface area contributed by atoms with E-state index in [1.165, 1.54) is 19.3 Å². The molecule has 0 rings (SSSR count). The minimum absolute atomic E-state index is 0.0935. The van der Waals surface area contributed by atoms with Gasteiger partial charge in [0.25, 0.3) is 5.91 Å². The number of rotatable bonds is 5. The lowest BCUT2D eigenvalue weighted by Gasteiger charge is -2.11. The summed E-state index contributed by atoms with van der Waals surface area (Å²) >= 11 is 9.44. The molecule has 0 bridgehead atoms. The standard InChI is InChI=1S/C8H14Br3NO/c1-2-3-4-5-6-12-7(13)8(9,10)11/h2-6H2,1H3,(H,12,13). The maximum atomic E-state index is 11.2. The van der Waals surface area contributed by atoms with E-state index in [0.717, 1.165) is 13.0 Å². The third kappa shape index (κ3) is 7.94. The van der Waals surface area contributed by atoms with Gasteiger partial charge in [0.1, 0.15) is 0 Å². The number of hydrogen-bond donors (Lipinski definition) is 1.